The summed E-state index contributed by atoms with van der Waals surface area (Å²) in [5.74, 6) is 0.500. The highest BCUT2D eigenvalue weighted by Crippen LogP contribution is 2.43. The van der Waals surface area contributed by atoms with Crippen molar-refractivity contribution >= 4 is 34.4 Å². The lowest BCUT2D eigenvalue weighted by Gasteiger charge is -2.22. The lowest BCUT2D eigenvalue weighted by molar-refractivity contribution is 0.0958. The maximum atomic E-state index is 11.9. The number of nitrogens with two attached hydrogens (primary N) is 1. The maximum absolute atomic E-state index is 11.9. The fourth-order valence-electron chi connectivity index (χ4n) is 4.02. The molecule has 0 bridgehead atoms. The molecule has 0 aliphatic heterocycles. The SMILES string of the molecule is CCOc1c(C(C)n2nc(C)c3c(N)ncnc32)cc(Cl)c(C#N)c1-c1ccc(C(=O)NC)nc1. The number of anilines is 1. The molecule has 11 heteroatoms. The molecule has 35 heavy (non-hydrogen) atoms. The molecule has 0 saturated carbocycles. The largest absolute Gasteiger partial charge is 0.493 e. The minimum Gasteiger partial charge on any atom is -0.493 e. The molecule has 4 aromatic rings. The topological polar surface area (TPSA) is 145 Å². The van der Waals surface area contributed by atoms with Crippen LogP contribution in [0.5, 0.6) is 5.75 Å². The highest BCUT2D eigenvalue weighted by molar-refractivity contribution is 6.32. The molecular formula is C24H23ClN8O2. The fraction of sp³-hybridized carbons (Fsp3) is 0.250. The third kappa shape index (κ3) is 4.11. The number of ether oxygens (including phenoxy) is 1. The zero-order valence-electron chi connectivity index (χ0n) is 19.6. The van der Waals surface area contributed by atoms with E-state index in [9.17, 15) is 10.1 Å². The predicted octanol–water partition coefficient (Wildman–Crippen LogP) is 3.67. The van der Waals surface area contributed by atoms with Gasteiger partial charge in [0.15, 0.2) is 5.65 Å². The van der Waals surface area contributed by atoms with Crippen molar-refractivity contribution in [3.63, 3.8) is 0 Å². The van der Waals surface area contributed by atoms with Crippen LogP contribution in [0.1, 0.15) is 47.2 Å². The molecule has 0 aliphatic rings. The molecule has 1 unspecified atom stereocenters. The molecule has 1 atom stereocenters. The van der Waals surface area contributed by atoms with Crippen LogP contribution in [0, 0.1) is 18.3 Å². The van der Waals surface area contributed by atoms with Crippen molar-refractivity contribution in [2.75, 3.05) is 19.4 Å². The number of hydrogen-bond donors (Lipinski definition) is 2. The summed E-state index contributed by atoms with van der Waals surface area (Å²) < 4.78 is 7.82. The fourth-order valence-corrected chi connectivity index (χ4v) is 4.28. The van der Waals surface area contributed by atoms with Crippen LogP contribution in [-0.2, 0) is 0 Å². The summed E-state index contributed by atoms with van der Waals surface area (Å²) in [6.45, 7) is 5.97. The number of aryl methyl sites for hydroxylation is 1. The number of halogens is 1. The molecule has 10 nitrogen and oxygen atoms in total. The third-order valence-electron chi connectivity index (χ3n) is 5.68. The number of amides is 1. The molecule has 4 rings (SSSR count). The van der Waals surface area contributed by atoms with Gasteiger partial charge in [-0.05, 0) is 32.9 Å². The second-order valence-corrected chi connectivity index (χ2v) is 8.15. The van der Waals surface area contributed by atoms with E-state index in [0.717, 1.165) is 0 Å². The zero-order valence-corrected chi connectivity index (χ0v) is 20.4. The molecule has 0 saturated heterocycles. The first-order valence-electron chi connectivity index (χ1n) is 10.8. The van der Waals surface area contributed by atoms with Gasteiger partial charge in [0.2, 0.25) is 0 Å². The van der Waals surface area contributed by atoms with Crippen LogP contribution in [0.2, 0.25) is 5.02 Å². The van der Waals surface area contributed by atoms with Gasteiger partial charge in [-0.25, -0.2) is 14.6 Å². The van der Waals surface area contributed by atoms with Gasteiger partial charge in [-0.3, -0.25) is 9.78 Å². The van der Waals surface area contributed by atoms with Crippen LogP contribution < -0.4 is 15.8 Å². The van der Waals surface area contributed by atoms with Crippen molar-refractivity contribution in [3.8, 4) is 22.9 Å². The number of carbonyl (C=O) groups excluding carboxylic acids is 1. The van der Waals surface area contributed by atoms with Gasteiger partial charge in [-0.15, -0.1) is 0 Å². The number of nitrogens with one attached hydrogen (secondary N) is 1. The van der Waals surface area contributed by atoms with Crippen molar-refractivity contribution in [2.24, 2.45) is 0 Å². The Kier molecular flexibility index (Phi) is 6.53. The number of hydrogen-bond acceptors (Lipinski definition) is 8. The Balaban J connectivity index is 1.96. The first-order chi connectivity index (χ1) is 16.8. The Bertz CT molecular complexity index is 1470. The lowest BCUT2D eigenvalue weighted by Crippen LogP contribution is -2.19. The molecule has 0 radical (unpaired) electrons. The number of nitrogens with zero attached hydrogens (tertiary/aromatic N) is 6. The molecular weight excluding hydrogens is 468 g/mol. The van der Waals surface area contributed by atoms with Gasteiger partial charge < -0.3 is 15.8 Å². The Morgan fingerprint density at radius 3 is 2.74 bits per heavy atom. The molecule has 3 N–H and O–H groups in total. The summed E-state index contributed by atoms with van der Waals surface area (Å²) in [5.41, 5.74) is 9.60. The lowest BCUT2D eigenvalue weighted by atomic mass is 9.94. The molecule has 1 aromatic carbocycles. The van der Waals surface area contributed by atoms with Crippen LogP contribution in [0.25, 0.3) is 22.2 Å². The number of pyridine rings is 1. The number of aromatic nitrogens is 5. The molecule has 0 aliphatic carbocycles. The third-order valence-corrected chi connectivity index (χ3v) is 5.98. The van der Waals surface area contributed by atoms with E-state index < -0.39 is 0 Å². The zero-order chi connectivity index (χ0) is 25.3. The summed E-state index contributed by atoms with van der Waals surface area (Å²) in [5, 5.41) is 18.1. The van der Waals surface area contributed by atoms with Crippen molar-refractivity contribution in [3.05, 3.63) is 58.3 Å². The monoisotopic (exact) mass is 490 g/mol. The Morgan fingerprint density at radius 1 is 1.34 bits per heavy atom. The van der Waals surface area contributed by atoms with Gasteiger partial charge in [-0.1, -0.05) is 17.7 Å². The molecule has 1 amide bonds. The summed E-state index contributed by atoms with van der Waals surface area (Å²) in [4.78, 5) is 24.7. The van der Waals surface area contributed by atoms with Gasteiger partial charge in [0.05, 0.1) is 34.3 Å². The Labute approximate surface area is 206 Å². The summed E-state index contributed by atoms with van der Waals surface area (Å²) in [6.07, 6.45) is 2.91. The number of fused-ring (bicyclic) bond motifs is 1. The van der Waals surface area contributed by atoms with Gasteiger partial charge in [0, 0.05) is 29.9 Å². The van der Waals surface area contributed by atoms with Crippen molar-refractivity contribution in [1.82, 2.24) is 30.0 Å². The first kappa shape index (κ1) is 23.9. The van der Waals surface area contributed by atoms with E-state index in [0.29, 0.717) is 51.6 Å². The van der Waals surface area contributed by atoms with Crippen LogP contribution in [0.4, 0.5) is 5.82 Å². The second kappa shape index (κ2) is 9.56. The Morgan fingerprint density at radius 2 is 2.11 bits per heavy atom. The van der Waals surface area contributed by atoms with Crippen molar-refractivity contribution in [2.45, 2.75) is 26.8 Å². The summed E-state index contributed by atoms with van der Waals surface area (Å²) in [7, 11) is 1.53. The van der Waals surface area contributed by atoms with E-state index in [1.807, 2.05) is 20.8 Å². The quantitative estimate of drug-likeness (QED) is 0.416. The van der Waals surface area contributed by atoms with Gasteiger partial charge in [0.1, 0.15) is 29.7 Å². The van der Waals surface area contributed by atoms with E-state index in [1.54, 1.807) is 22.9 Å². The van der Waals surface area contributed by atoms with Crippen LogP contribution in [-0.4, -0.2) is 44.3 Å². The normalized spacial score (nSPS) is 11.8. The molecule has 3 aromatic heterocycles. The molecule has 0 fully saturated rings. The van der Waals surface area contributed by atoms with Gasteiger partial charge in [-0.2, -0.15) is 10.4 Å². The van der Waals surface area contributed by atoms with E-state index in [2.05, 4.69) is 31.4 Å². The molecule has 178 valence electrons. The van der Waals surface area contributed by atoms with Crippen LogP contribution in [0.15, 0.2) is 30.7 Å². The highest BCUT2D eigenvalue weighted by Gasteiger charge is 2.26. The molecule has 3 heterocycles. The second-order valence-electron chi connectivity index (χ2n) is 7.75. The average Bonchev–Trinajstić information content (AvgIpc) is 3.21. The average molecular weight is 491 g/mol. The standard InChI is InChI=1S/C24H23ClN8O2/c1-5-35-21-15(13(3)33-23-19(12(2)32-33)22(27)30-11-31-23)8-17(25)16(9-26)20(21)14-6-7-18(29-10-14)24(34)28-4/h6-8,10-11,13H,5H2,1-4H3,(H,28,34)(H2,27,30,31). The van der Waals surface area contributed by atoms with E-state index >= 15 is 0 Å². The molecule has 0 spiro atoms. The van der Waals surface area contributed by atoms with E-state index in [-0.39, 0.29) is 28.2 Å². The van der Waals surface area contributed by atoms with E-state index in [4.69, 9.17) is 22.1 Å². The number of carbonyl (C=O) groups is 1. The number of benzene rings is 1. The maximum Gasteiger partial charge on any atom is 0.269 e. The summed E-state index contributed by atoms with van der Waals surface area (Å²) in [6, 6.07) is 6.79. The van der Waals surface area contributed by atoms with Crippen molar-refractivity contribution < 1.29 is 9.53 Å². The van der Waals surface area contributed by atoms with Crippen LogP contribution >= 0.6 is 11.6 Å². The minimum atomic E-state index is -0.385. The first-order valence-corrected chi connectivity index (χ1v) is 11.2. The Hall–Kier alpha value is -4.23. The van der Waals surface area contributed by atoms with Crippen LogP contribution in [0.3, 0.4) is 0 Å². The van der Waals surface area contributed by atoms with Gasteiger partial charge in [0.25, 0.3) is 5.91 Å². The predicted molar refractivity (Wildman–Crippen MR) is 132 cm³/mol. The number of nitriles is 1. The minimum absolute atomic E-state index is 0.244. The highest BCUT2D eigenvalue weighted by atomic mass is 35.5. The summed E-state index contributed by atoms with van der Waals surface area (Å²) >= 11 is 6.60. The number of rotatable bonds is 6. The smallest absolute Gasteiger partial charge is 0.269 e. The van der Waals surface area contributed by atoms with Gasteiger partial charge >= 0.3 is 0 Å². The number of nitrogen functional groups attached to an aromatic ring is 1. The van der Waals surface area contributed by atoms with E-state index in [1.165, 1.54) is 19.6 Å². The van der Waals surface area contributed by atoms with Crippen molar-refractivity contribution in [1.29, 1.82) is 5.26 Å².